The van der Waals surface area contributed by atoms with E-state index in [1.165, 1.54) is 12.1 Å². The third kappa shape index (κ3) is 3.74. The van der Waals surface area contributed by atoms with E-state index < -0.39 is 23.2 Å². The molecular weight excluding hydrogens is 397 g/mol. The number of likely N-dealkylation sites (tertiary alicyclic amines) is 1. The third-order valence-electron chi connectivity index (χ3n) is 5.73. The second-order valence-corrected chi connectivity index (χ2v) is 7.90. The second kappa shape index (κ2) is 7.54. The Kier molecular flexibility index (Phi) is 5.17. The minimum atomic E-state index is -4.48. The molecule has 1 spiro atoms. The highest BCUT2D eigenvalue weighted by atomic mass is 19.4. The Morgan fingerprint density at radius 2 is 1.97 bits per heavy atom. The molecule has 2 aromatic rings. The van der Waals surface area contributed by atoms with Gasteiger partial charge in [0.1, 0.15) is 5.60 Å². The molecule has 0 bridgehead atoms. The molecule has 0 aliphatic carbocycles. The minimum Gasteiger partial charge on any atom is -0.368 e. The van der Waals surface area contributed by atoms with Crippen molar-refractivity contribution in [3.05, 3.63) is 52.8 Å². The molecule has 0 atom stereocenters. The fourth-order valence-electron chi connectivity index (χ4n) is 4.08. The normalized spacial score (nSPS) is 18.2. The van der Waals surface area contributed by atoms with E-state index in [9.17, 15) is 18.0 Å². The van der Waals surface area contributed by atoms with Crippen LogP contribution in [0.4, 0.5) is 19.1 Å². The third-order valence-corrected chi connectivity index (χ3v) is 5.73. The van der Waals surface area contributed by atoms with Crippen LogP contribution in [-0.4, -0.2) is 54.6 Å². The summed E-state index contributed by atoms with van der Waals surface area (Å²) in [5.74, 6) is 0.199. The van der Waals surface area contributed by atoms with Crippen LogP contribution in [0.3, 0.4) is 0 Å². The smallest absolute Gasteiger partial charge is 0.368 e. The molecule has 6 nitrogen and oxygen atoms in total. The summed E-state index contributed by atoms with van der Waals surface area (Å²) in [5.41, 5.74) is 0.539. The number of carbonyl (C=O) groups excluding carboxylic acids is 1. The summed E-state index contributed by atoms with van der Waals surface area (Å²) >= 11 is 0. The molecule has 160 valence electrons. The van der Waals surface area contributed by atoms with Crippen LogP contribution in [-0.2, 0) is 22.9 Å². The quantitative estimate of drug-likeness (QED) is 0.747. The van der Waals surface area contributed by atoms with Crippen molar-refractivity contribution in [2.45, 2.75) is 31.0 Å². The fourth-order valence-corrected chi connectivity index (χ4v) is 4.08. The van der Waals surface area contributed by atoms with Crippen molar-refractivity contribution < 1.29 is 22.7 Å². The van der Waals surface area contributed by atoms with Crippen LogP contribution >= 0.6 is 0 Å². The Morgan fingerprint density at radius 1 is 1.23 bits per heavy atom. The van der Waals surface area contributed by atoms with Gasteiger partial charge in [-0.1, -0.05) is 6.07 Å². The van der Waals surface area contributed by atoms with Crippen molar-refractivity contribution in [3.63, 3.8) is 0 Å². The zero-order chi connectivity index (χ0) is 21.5. The maximum Gasteiger partial charge on any atom is 0.416 e. The van der Waals surface area contributed by atoms with Gasteiger partial charge < -0.3 is 14.5 Å². The van der Waals surface area contributed by atoms with Crippen LogP contribution in [0.5, 0.6) is 0 Å². The van der Waals surface area contributed by atoms with Crippen molar-refractivity contribution in [1.29, 1.82) is 0 Å². The lowest BCUT2D eigenvalue weighted by molar-refractivity contribution is -0.137. The van der Waals surface area contributed by atoms with Gasteiger partial charge in [-0.25, -0.2) is 9.97 Å². The van der Waals surface area contributed by atoms with E-state index in [1.807, 2.05) is 25.2 Å². The van der Waals surface area contributed by atoms with Gasteiger partial charge >= 0.3 is 6.18 Å². The van der Waals surface area contributed by atoms with Crippen LogP contribution in [0.25, 0.3) is 0 Å². The van der Waals surface area contributed by atoms with Crippen molar-refractivity contribution in [2.24, 2.45) is 0 Å². The van der Waals surface area contributed by atoms with Crippen LogP contribution in [0.1, 0.15) is 40.0 Å². The zero-order valence-electron chi connectivity index (χ0n) is 16.9. The van der Waals surface area contributed by atoms with Gasteiger partial charge in [0.25, 0.3) is 5.91 Å². The largest absolute Gasteiger partial charge is 0.416 e. The van der Waals surface area contributed by atoms with Crippen molar-refractivity contribution in [3.8, 4) is 0 Å². The number of carbonyl (C=O) groups is 1. The number of fused-ring (bicyclic) bond motifs is 2. The van der Waals surface area contributed by atoms with E-state index in [0.29, 0.717) is 38.5 Å². The first-order chi connectivity index (χ1) is 14.2. The van der Waals surface area contributed by atoms with Crippen LogP contribution in [0.2, 0.25) is 0 Å². The van der Waals surface area contributed by atoms with Gasteiger partial charge in [-0.15, -0.1) is 0 Å². The second-order valence-electron chi connectivity index (χ2n) is 7.90. The molecule has 3 heterocycles. The van der Waals surface area contributed by atoms with E-state index in [4.69, 9.17) is 9.72 Å². The highest BCUT2D eigenvalue weighted by molar-refractivity contribution is 5.94. The Bertz CT molecular complexity index is 954. The fraction of sp³-hybridized carbons (Fsp3) is 0.476. The maximum atomic E-state index is 13.0. The summed E-state index contributed by atoms with van der Waals surface area (Å²) in [4.78, 5) is 25.3. The number of halogens is 3. The number of nitrogens with zero attached hydrogens (tertiary/aromatic N) is 4. The van der Waals surface area contributed by atoms with Gasteiger partial charge in [-0.2, -0.15) is 13.2 Å². The number of anilines is 1. The minimum absolute atomic E-state index is 0.0444. The summed E-state index contributed by atoms with van der Waals surface area (Å²) < 4.78 is 45.1. The van der Waals surface area contributed by atoms with E-state index in [0.717, 1.165) is 29.8 Å². The van der Waals surface area contributed by atoms with Crippen molar-refractivity contribution >= 4 is 11.9 Å². The number of hydrogen-bond donors (Lipinski definition) is 0. The zero-order valence-corrected chi connectivity index (χ0v) is 16.9. The predicted octanol–water partition coefficient (Wildman–Crippen LogP) is 3.27. The number of hydrogen-bond acceptors (Lipinski definition) is 5. The van der Waals surface area contributed by atoms with Gasteiger partial charge in [0.15, 0.2) is 0 Å². The van der Waals surface area contributed by atoms with Crippen molar-refractivity contribution in [1.82, 2.24) is 14.9 Å². The first-order valence-corrected chi connectivity index (χ1v) is 9.84. The number of benzene rings is 1. The van der Waals surface area contributed by atoms with Gasteiger partial charge in [-0.05, 0) is 43.0 Å². The highest BCUT2D eigenvalue weighted by Gasteiger charge is 2.43. The molecule has 0 N–H and O–H groups in total. The Balaban J connectivity index is 1.54. The lowest BCUT2D eigenvalue weighted by Crippen LogP contribution is -2.49. The first kappa shape index (κ1) is 20.6. The Morgan fingerprint density at radius 3 is 2.63 bits per heavy atom. The van der Waals surface area contributed by atoms with E-state index in [1.54, 1.807) is 4.90 Å². The lowest BCUT2D eigenvalue weighted by Gasteiger charge is -2.44. The molecule has 4 rings (SSSR count). The molecule has 30 heavy (non-hydrogen) atoms. The molecule has 1 fully saturated rings. The predicted molar refractivity (Wildman–Crippen MR) is 104 cm³/mol. The number of ether oxygens (including phenoxy) is 1. The molecule has 9 heteroatoms. The van der Waals surface area contributed by atoms with Gasteiger partial charge in [0, 0.05) is 38.9 Å². The average molecular weight is 420 g/mol. The van der Waals surface area contributed by atoms with Gasteiger partial charge in [-0.3, -0.25) is 4.79 Å². The summed E-state index contributed by atoms with van der Waals surface area (Å²) in [6.07, 6.45) is -0.839. The van der Waals surface area contributed by atoms with Crippen LogP contribution < -0.4 is 4.90 Å². The molecule has 2 aliphatic rings. The highest BCUT2D eigenvalue weighted by Crippen LogP contribution is 2.41. The number of piperidine rings is 1. The molecule has 0 unspecified atom stereocenters. The Hall–Kier alpha value is -2.68. The molecule has 1 aromatic heterocycles. The van der Waals surface area contributed by atoms with E-state index in [-0.39, 0.29) is 5.56 Å². The summed E-state index contributed by atoms with van der Waals surface area (Å²) in [7, 11) is 3.74. The topological polar surface area (TPSA) is 58.6 Å². The standard InChI is InChI=1S/C21H23F3N4O2/c1-27(2)19-25-13-15-6-11-30-20(17(15)26-19)7-9-28(10-8-20)18(29)14-4-3-5-16(12-14)21(22,23)24/h3-5,12-13H,6-11H2,1-2H3. The summed E-state index contributed by atoms with van der Waals surface area (Å²) in [6.45, 7) is 1.32. The number of alkyl halides is 3. The molecule has 0 saturated carbocycles. The SMILES string of the molecule is CN(C)c1ncc2c(n1)C1(CCN(C(=O)c3cccc(C(F)(F)F)c3)CC1)OCC2. The van der Waals surface area contributed by atoms with Crippen LogP contribution in [0.15, 0.2) is 30.5 Å². The molecular formula is C21H23F3N4O2. The van der Waals surface area contributed by atoms with Gasteiger partial charge in [0.05, 0.1) is 17.9 Å². The molecule has 1 amide bonds. The van der Waals surface area contributed by atoms with Crippen LogP contribution in [0, 0.1) is 0 Å². The van der Waals surface area contributed by atoms with Crippen molar-refractivity contribution in [2.75, 3.05) is 38.7 Å². The number of amides is 1. The maximum absolute atomic E-state index is 13.0. The lowest BCUT2D eigenvalue weighted by atomic mass is 9.83. The molecule has 1 aromatic carbocycles. The average Bonchev–Trinajstić information content (AvgIpc) is 2.73. The number of aromatic nitrogens is 2. The van der Waals surface area contributed by atoms with Gasteiger partial charge in [0.2, 0.25) is 5.95 Å². The molecule has 0 radical (unpaired) electrons. The number of rotatable bonds is 2. The Labute approximate surface area is 172 Å². The van der Waals surface area contributed by atoms with E-state index >= 15 is 0 Å². The molecule has 2 aliphatic heterocycles. The van der Waals surface area contributed by atoms with E-state index in [2.05, 4.69) is 4.98 Å². The summed E-state index contributed by atoms with van der Waals surface area (Å²) in [5, 5.41) is 0. The monoisotopic (exact) mass is 420 g/mol. The summed E-state index contributed by atoms with van der Waals surface area (Å²) in [6, 6.07) is 4.57. The first-order valence-electron chi connectivity index (χ1n) is 9.84. The molecule has 1 saturated heterocycles.